The minimum absolute atomic E-state index is 0.125. The zero-order valence-electron chi connectivity index (χ0n) is 5.47. The number of pyridine rings is 1. The number of rotatable bonds is 1. The predicted octanol–water partition coefficient (Wildman–Crippen LogP) is 0.895. The maximum absolute atomic E-state index is 11.9. The van der Waals surface area contributed by atoms with E-state index >= 15 is 0 Å². The fourth-order valence-corrected chi connectivity index (χ4v) is 0.681. The average molecular weight is 160 g/mol. The fourth-order valence-electron chi connectivity index (χ4n) is 0.681. The fraction of sp³-hybridized carbons (Fsp3) is 0.167. The van der Waals surface area contributed by atoms with E-state index in [2.05, 4.69) is 4.98 Å². The summed E-state index contributed by atoms with van der Waals surface area (Å²) in [5.74, 6) is 0. The van der Waals surface area contributed by atoms with E-state index in [-0.39, 0.29) is 5.69 Å². The van der Waals surface area contributed by atoms with Crippen LogP contribution in [0.4, 0.5) is 14.5 Å². The lowest BCUT2D eigenvalue weighted by Gasteiger charge is -1.97. The van der Waals surface area contributed by atoms with Crippen molar-refractivity contribution >= 4 is 5.69 Å². The monoisotopic (exact) mass is 160 g/mol. The van der Waals surface area contributed by atoms with Crippen molar-refractivity contribution in [3.8, 4) is 0 Å². The van der Waals surface area contributed by atoms with E-state index in [1.54, 1.807) is 0 Å². The van der Waals surface area contributed by atoms with Crippen LogP contribution < -0.4 is 11.3 Å². The van der Waals surface area contributed by atoms with E-state index in [1.807, 2.05) is 0 Å². The van der Waals surface area contributed by atoms with Crippen molar-refractivity contribution in [2.24, 2.45) is 0 Å². The first kappa shape index (κ1) is 7.71. The molecule has 0 radical (unpaired) electrons. The molecule has 0 aliphatic rings. The molecule has 0 atom stereocenters. The highest BCUT2D eigenvalue weighted by molar-refractivity contribution is 5.37. The number of hydrogen-bond donors (Lipinski definition) is 2. The zero-order chi connectivity index (χ0) is 8.43. The van der Waals surface area contributed by atoms with Crippen LogP contribution in [0.2, 0.25) is 0 Å². The number of halogens is 2. The van der Waals surface area contributed by atoms with Gasteiger partial charge in [-0.2, -0.15) is 0 Å². The molecule has 0 unspecified atom stereocenters. The third kappa shape index (κ3) is 1.54. The van der Waals surface area contributed by atoms with Crippen LogP contribution in [0.15, 0.2) is 17.1 Å². The summed E-state index contributed by atoms with van der Waals surface area (Å²) in [5, 5.41) is 0. The van der Waals surface area contributed by atoms with Crippen LogP contribution in [-0.4, -0.2) is 4.98 Å². The van der Waals surface area contributed by atoms with Gasteiger partial charge in [-0.15, -0.1) is 0 Å². The standard InChI is InChI=1S/C6H6F2N2O/c7-5(8)4-1-3(9)2-10-6(4)11/h1-2,5H,9H2,(H,10,11). The van der Waals surface area contributed by atoms with Crippen molar-refractivity contribution in [1.29, 1.82) is 0 Å². The Labute approximate surface area is 60.8 Å². The molecule has 3 nitrogen and oxygen atoms in total. The molecule has 0 saturated carbocycles. The van der Waals surface area contributed by atoms with Crippen molar-refractivity contribution < 1.29 is 8.78 Å². The van der Waals surface area contributed by atoms with Gasteiger partial charge in [0.2, 0.25) is 0 Å². The Balaban J connectivity index is 3.24. The van der Waals surface area contributed by atoms with E-state index in [0.717, 1.165) is 6.07 Å². The van der Waals surface area contributed by atoms with Gasteiger partial charge in [-0.05, 0) is 6.07 Å². The molecule has 0 bridgehead atoms. The molecule has 0 fully saturated rings. The SMILES string of the molecule is Nc1c[nH]c(=O)c(C(F)F)c1. The summed E-state index contributed by atoms with van der Waals surface area (Å²) in [6.07, 6.45) is -1.60. The maximum Gasteiger partial charge on any atom is 0.269 e. The molecule has 60 valence electrons. The summed E-state index contributed by atoms with van der Waals surface area (Å²) in [6.45, 7) is 0. The van der Waals surface area contributed by atoms with Crippen LogP contribution in [0.1, 0.15) is 12.0 Å². The minimum atomic E-state index is -2.78. The molecule has 1 rings (SSSR count). The predicted molar refractivity (Wildman–Crippen MR) is 36.4 cm³/mol. The molecule has 1 aromatic rings. The van der Waals surface area contributed by atoms with E-state index in [4.69, 9.17) is 5.73 Å². The van der Waals surface area contributed by atoms with E-state index in [1.165, 1.54) is 6.20 Å². The second kappa shape index (κ2) is 2.69. The lowest BCUT2D eigenvalue weighted by Crippen LogP contribution is -2.12. The molecule has 5 heteroatoms. The Hall–Kier alpha value is -1.39. The van der Waals surface area contributed by atoms with Gasteiger partial charge in [0.1, 0.15) is 0 Å². The smallest absolute Gasteiger partial charge is 0.269 e. The normalized spacial score (nSPS) is 10.5. The molecule has 1 heterocycles. The van der Waals surface area contributed by atoms with Gasteiger partial charge in [0.25, 0.3) is 12.0 Å². The minimum Gasteiger partial charge on any atom is -0.398 e. The van der Waals surface area contributed by atoms with Crippen molar-refractivity contribution in [3.63, 3.8) is 0 Å². The maximum atomic E-state index is 11.9. The number of nitrogens with one attached hydrogen (secondary N) is 1. The van der Waals surface area contributed by atoms with Gasteiger partial charge in [0.15, 0.2) is 0 Å². The van der Waals surface area contributed by atoms with Crippen LogP contribution in [0.25, 0.3) is 0 Å². The highest BCUT2D eigenvalue weighted by Gasteiger charge is 2.11. The number of nitrogen functional groups attached to an aromatic ring is 1. The molecule has 1 aromatic heterocycles. The summed E-state index contributed by atoms with van der Waals surface area (Å²) in [6, 6.07) is 0.962. The van der Waals surface area contributed by atoms with Gasteiger partial charge in [0, 0.05) is 11.9 Å². The Bertz CT molecular complexity index is 308. The van der Waals surface area contributed by atoms with Crippen LogP contribution in [0.5, 0.6) is 0 Å². The second-order valence-electron chi connectivity index (χ2n) is 2.02. The van der Waals surface area contributed by atoms with Crippen LogP contribution in [0.3, 0.4) is 0 Å². The largest absolute Gasteiger partial charge is 0.398 e. The number of alkyl halides is 2. The van der Waals surface area contributed by atoms with Gasteiger partial charge < -0.3 is 10.7 Å². The Kier molecular flexibility index (Phi) is 1.89. The summed E-state index contributed by atoms with van der Waals surface area (Å²) in [4.78, 5) is 12.7. The number of nitrogens with two attached hydrogens (primary N) is 1. The zero-order valence-corrected chi connectivity index (χ0v) is 5.47. The Morgan fingerprint density at radius 1 is 1.55 bits per heavy atom. The molecule has 0 saturated heterocycles. The average Bonchev–Trinajstić information content (AvgIpc) is 1.94. The quantitative estimate of drug-likeness (QED) is 0.641. The van der Waals surface area contributed by atoms with Gasteiger partial charge in [-0.1, -0.05) is 0 Å². The number of anilines is 1. The molecule has 3 N–H and O–H groups in total. The number of aromatic amines is 1. The van der Waals surface area contributed by atoms with Gasteiger partial charge in [0.05, 0.1) is 5.56 Å². The lowest BCUT2D eigenvalue weighted by atomic mass is 10.3. The van der Waals surface area contributed by atoms with E-state index in [9.17, 15) is 13.6 Å². The summed E-state index contributed by atoms with van der Waals surface area (Å²) < 4.78 is 23.9. The number of hydrogen-bond acceptors (Lipinski definition) is 2. The van der Waals surface area contributed by atoms with Crippen LogP contribution in [0, 0.1) is 0 Å². The molecule has 0 aliphatic heterocycles. The molecule has 0 amide bonds. The first-order valence-corrected chi connectivity index (χ1v) is 2.87. The van der Waals surface area contributed by atoms with Crippen LogP contribution >= 0.6 is 0 Å². The Morgan fingerprint density at radius 2 is 2.18 bits per heavy atom. The number of H-pyrrole nitrogens is 1. The highest BCUT2D eigenvalue weighted by atomic mass is 19.3. The first-order chi connectivity index (χ1) is 5.11. The Morgan fingerprint density at radius 3 is 2.64 bits per heavy atom. The molecular formula is C6H6F2N2O. The summed E-state index contributed by atoms with van der Waals surface area (Å²) in [5.41, 5.74) is 3.90. The second-order valence-corrected chi connectivity index (χ2v) is 2.02. The van der Waals surface area contributed by atoms with Crippen molar-refractivity contribution in [3.05, 3.63) is 28.2 Å². The topological polar surface area (TPSA) is 58.9 Å². The molecule has 0 aliphatic carbocycles. The number of aromatic nitrogens is 1. The van der Waals surface area contributed by atoms with Gasteiger partial charge in [-0.3, -0.25) is 4.79 Å². The summed E-state index contributed by atoms with van der Waals surface area (Å²) in [7, 11) is 0. The lowest BCUT2D eigenvalue weighted by molar-refractivity contribution is 0.149. The van der Waals surface area contributed by atoms with E-state index in [0.29, 0.717) is 0 Å². The summed E-state index contributed by atoms with van der Waals surface area (Å²) >= 11 is 0. The van der Waals surface area contributed by atoms with Gasteiger partial charge in [-0.25, -0.2) is 8.78 Å². The molecule has 0 spiro atoms. The van der Waals surface area contributed by atoms with Crippen molar-refractivity contribution in [1.82, 2.24) is 4.98 Å². The molecule has 0 aromatic carbocycles. The third-order valence-corrected chi connectivity index (χ3v) is 1.19. The highest BCUT2D eigenvalue weighted by Crippen LogP contribution is 2.15. The van der Waals surface area contributed by atoms with Gasteiger partial charge >= 0.3 is 0 Å². The molecular weight excluding hydrogens is 154 g/mol. The first-order valence-electron chi connectivity index (χ1n) is 2.87. The van der Waals surface area contributed by atoms with Crippen molar-refractivity contribution in [2.45, 2.75) is 6.43 Å². The van der Waals surface area contributed by atoms with Crippen molar-refractivity contribution in [2.75, 3.05) is 5.73 Å². The van der Waals surface area contributed by atoms with E-state index < -0.39 is 17.5 Å². The molecule has 11 heavy (non-hydrogen) atoms. The van der Waals surface area contributed by atoms with Crippen LogP contribution in [-0.2, 0) is 0 Å². The third-order valence-electron chi connectivity index (χ3n) is 1.19.